The maximum atomic E-state index is 11.0. The number of hydrogen-bond acceptors (Lipinski definition) is 3. The summed E-state index contributed by atoms with van der Waals surface area (Å²) < 4.78 is 5.14. The maximum Gasteiger partial charge on any atom is 0.224 e. The lowest BCUT2D eigenvalue weighted by atomic mass is 9.87. The number of nitrogens with two attached hydrogens (primary N) is 1. The first-order valence-electron chi connectivity index (χ1n) is 4.94. The third-order valence-electron chi connectivity index (χ3n) is 2.69. The third kappa shape index (κ3) is 2.69. The van der Waals surface area contributed by atoms with Crippen molar-refractivity contribution in [2.45, 2.75) is 20.8 Å². The summed E-state index contributed by atoms with van der Waals surface area (Å²) in [5.74, 6) is -0.264. The smallest absolute Gasteiger partial charge is 0.224 e. The fourth-order valence-electron chi connectivity index (χ4n) is 1.32. The van der Waals surface area contributed by atoms with E-state index in [0.29, 0.717) is 6.54 Å². The van der Waals surface area contributed by atoms with Crippen LogP contribution in [0.5, 0.6) is 0 Å². The van der Waals surface area contributed by atoms with Crippen molar-refractivity contribution in [2.24, 2.45) is 16.6 Å². The largest absolute Gasteiger partial charge is 0.380 e. The van der Waals surface area contributed by atoms with E-state index in [-0.39, 0.29) is 11.3 Å². The number of amides is 1. The molecule has 0 aliphatic carbocycles. The minimum Gasteiger partial charge on any atom is -0.380 e. The van der Waals surface area contributed by atoms with E-state index in [1.54, 1.807) is 0 Å². The molecule has 0 spiro atoms. The Balaban J connectivity index is 2.23. The Morgan fingerprint density at radius 2 is 2.14 bits per heavy atom. The van der Waals surface area contributed by atoms with Crippen LogP contribution in [0, 0.1) is 10.8 Å². The second-order valence-electron chi connectivity index (χ2n) is 5.16. The molecule has 0 bridgehead atoms. The summed E-state index contributed by atoms with van der Waals surface area (Å²) in [5, 5.41) is 3.27. The minimum atomic E-state index is -0.471. The highest BCUT2D eigenvalue weighted by Gasteiger charge is 2.34. The molecule has 0 unspecified atom stereocenters. The number of hydrogen-bond donors (Lipinski definition) is 2. The predicted molar refractivity (Wildman–Crippen MR) is 54.8 cm³/mol. The van der Waals surface area contributed by atoms with E-state index in [4.69, 9.17) is 10.5 Å². The number of rotatable bonds is 5. The summed E-state index contributed by atoms with van der Waals surface area (Å²) in [6.07, 6.45) is 0. The zero-order chi connectivity index (χ0) is 10.8. The van der Waals surface area contributed by atoms with E-state index < -0.39 is 5.41 Å². The van der Waals surface area contributed by atoms with Crippen LogP contribution in [0.15, 0.2) is 0 Å². The van der Waals surface area contributed by atoms with Gasteiger partial charge >= 0.3 is 0 Å². The quantitative estimate of drug-likeness (QED) is 0.662. The Kier molecular flexibility index (Phi) is 3.17. The molecule has 1 aliphatic rings. The molecule has 1 amide bonds. The molecule has 1 rings (SSSR count). The van der Waals surface area contributed by atoms with Gasteiger partial charge in [0.05, 0.1) is 18.6 Å². The average Bonchev–Trinajstić information content (AvgIpc) is 2.00. The molecular formula is C10H20N2O2. The molecule has 1 saturated heterocycles. The highest BCUT2D eigenvalue weighted by atomic mass is 16.5. The van der Waals surface area contributed by atoms with Crippen LogP contribution in [0.25, 0.3) is 0 Å². The first kappa shape index (κ1) is 11.5. The molecule has 0 aromatic carbocycles. The number of primary amides is 1. The summed E-state index contributed by atoms with van der Waals surface area (Å²) in [4.78, 5) is 11.0. The first-order chi connectivity index (χ1) is 6.36. The maximum absolute atomic E-state index is 11.0. The molecule has 0 radical (unpaired) electrons. The summed E-state index contributed by atoms with van der Waals surface area (Å²) >= 11 is 0. The van der Waals surface area contributed by atoms with Crippen LogP contribution in [-0.2, 0) is 9.53 Å². The van der Waals surface area contributed by atoms with Crippen molar-refractivity contribution in [3.8, 4) is 0 Å². The van der Waals surface area contributed by atoms with E-state index in [1.165, 1.54) is 0 Å². The van der Waals surface area contributed by atoms with Gasteiger partial charge in [-0.05, 0) is 13.8 Å². The highest BCUT2D eigenvalue weighted by molar-refractivity contribution is 5.80. The minimum absolute atomic E-state index is 0.244. The van der Waals surface area contributed by atoms with Gasteiger partial charge in [0, 0.05) is 18.5 Å². The van der Waals surface area contributed by atoms with Gasteiger partial charge in [0.25, 0.3) is 0 Å². The summed E-state index contributed by atoms with van der Waals surface area (Å²) in [6, 6.07) is 0. The van der Waals surface area contributed by atoms with Crippen molar-refractivity contribution in [2.75, 3.05) is 26.3 Å². The summed E-state index contributed by atoms with van der Waals surface area (Å²) in [6.45, 7) is 8.97. The molecule has 0 aromatic heterocycles. The lowest BCUT2D eigenvalue weighted by Gasteiger charge is -2.38. The third-order valence-corrected chi connectivity index (χ3v) is 2.69. The molecule has 3 N–H and O–H groups in total. The molecule has 0 aromatic rings. The number of ether oxygens (including phenoxy) is 1. The Morgan fingerprint density at radius 1 is 1.57 bits per heavy atom. The van der Waals surface area contributed by atoms with Crippen LogP contribution in [0.2, 0.25) is 0 Å². The number of carbonyl (C=O) groups is 1. The molecule has 0 saturated carbocycles. The normalized spacial score (nSPS) is 20.2. The van der Waals surface area contributed by atoms with Gasteiger partial charge in [0.2, 0.25) is 5.91 Å². The second-order valence-corrected chi connectivity index (χ2v) is 5.16. The molecular weight excluding hydrogens is 180 g/mol. The van der Waals surface area contributed by atoms with Crippen LogP contribution in [0.3, 0.4) is 0 Å². The van der Waals surface area contributed by atoms with E-state index >= 15 is 0 Å². The Hall–Kier alpha value is -0.610. The van der Waals surface area contributed by atoms with Crippen molar-refractivity contribution in [3.63, 3.8) is 0 Å². The molecule has 1 heterocycles. The number of nitrogens with one attached hydrogen (secondary N) is 1. The molecule has 1 aliphatic heterocycles. The van der Waals surface area contributed by atoms with E-state index in [9.17, 15) is 4.79 Å². The van der Waals surface area contributed by atoms with Crippen LogP contribution >= 0.6 is 0 Å². The lowest BCUT2D eigenvalue weighted by molar-refractivity contribution is -0.126. The Bertz CT molecular complexity index is 222. The van der Waals surface area contributed by atoms with Crippen LogP contribution in [0.1, 0.15) is 20.8 Å². The first-order valence-corrected chi connectivity index (χ1v) is 4.94. The summed E-state index contributed by atoms with van der Waals surface area (Å²) in [7, 11) is 0. The van der Waals surface area contributed by atoms with Crippen molar-refractivity contribution in [1.29, 1.82) is 0 Å². The average molecular weight is 200 g/mol. The van der Waals surface area contributed by atoms with Crippen molar-refractivity contribution >= 4 is 5.91 Å². The van der Waals surface area contributed by atoms with Crippen LogP contribution < -0.4 is 11.1 Å². The van der Waals surface area contributed by atoms with Gasteiger partial charge in [-0.2, -0.15) is 0 Å². The van der Waals surface area contributed by atoms with E-state index in [0.717, 1.165) is 19.8 Å². The van der Waals surface area contributed by atoms with E-state index in [2.05, 4.69) is 12.2 Å². The molecule has 4 heteroatoms. The van der Waals surface area contributed by atoms with Crippen LogP contribution in [0.4, 0.5) is 0 Å². The zero-order valence-corrected chi connectivity index (χ0v) is 9.22. The summed E-state index contributed by atoms with van der Waals surface area (Å²) in [5.41, 5.74) is 5.04. The zero-order valence-electron chi connectivity index (χ0n) is 9.22. The highest BCUT2D eigenvalue weighted by Crippen LogP contribution is 2.25. The van der Waals surface area contributed by atoms with Crippen molar-refractivity contribution in [3.05, 3.63) is 0 Å². The van der Waals surface area contributed by atoms with Crippen molar-refractivity contribution in [1.82, 2.24) is 5.32 Å². The monoisotopic (exact) mass is 200 g/mol. The predicted octanol–water partition coefficient (Wildman–Crippen LogP) is 0.124. The van der Waals surface area contributed by atoms with Gasteiger partial charge in [0.1, 0.15) is 0 Å². The molecule has 4 nitrogen and oxygen atoms in total. The standard InChI is InChI=1S/C10H20N2O2/c1-9(2,8(11)13)4-12-5-10(3)6-14-7-10/h12H,4-7H2,1-3H3,(H2,11,13). The van der Waals surface area contributed by atoms with Gasteiger partial charge in [-0.25, -0.2) is 0 Å². The SMILES string of the molecule is CC1(CNCC(C)(C)C(N)=O)COC1. The second kappa shape index (κ2) is 3.87. The van der Waals surface area contributed by atoms with Gasteiger partial charge in [0.15, 0.2) is 0 Å². The van der Waals surface area contributed by atoms with Gasteiger partial charge in [-0.1, -0.05) is 6.92 Å². The number of carbonyl (C=O) groups excluding carboxylic acids is 1. The fraction of sp³-hybridized carbons (Fsp3) is 0.900. The molecule has 0 atom stereocenters. The van der Waals surface area contributed by atoms with Gasteiger partial charge in [-0.3, -0.25) is 4.79 Å². The Morgan fingerprint density at radius 3 is 2.50 bits per heavy atom. The van der Waals surface area contributed by atoms with Gasteiger partial charge in [-0.15, -0.1) is 0 Å². The Labute approximate surface area is 85.2 Å². The van der Waals surface area contributed by atoms with Crippen LogP contribution in [-0.4, -0.2) is 32.2 Å². The lowest BCUT2D eigenvalue weighted by Crippen LogP contribution is -2.50. The van der Waals surface area contributed by atoms with Crippen molar-refractivity contribution < 1.29 is 9.53 Å². The van der Waals surface area contributed by atoms with Gasteiger partial charge < -0.3 is 15.8 Å². The molecule has 82 valence electrons. The molecule has 14 heavy (non-hydrogen) atoms. The fourth-order valence-corrected chi connectivity index (χ4v) is 1.32. The molecule has 1 fully saturated rings. The van der Waals surface area contributed by atoms with E-state index in [1.807, 2.05) is 13.8 Å². The topological polar surface area (TPSA) is 64.3 Å².